The topological polar surface area (TPSA) is 87.2 Å². The van der Waals surface area contributed by atoms with Gasteiger partial charge in [0.1, 0.15) is 0 Å². The second kappa shape index (κ2) is 8.62. The second-order valence-electron chi connectivity index (χ2n) is 5.90. The van der Waals surface area contributed by atoms with E-state index in [0.717, 1.165) is 0 Å². The first-order valence-corrected chi connectivity index (χ1v) is 8.48. The number of morpholine rings is 1. The molecular weight excluding hydrogens is 324 g/mol. The van der Waals surface area contributed by atoms with E-state index in [0.29, 0.717) is 37.4 Å². The number of hydrogen-bond donors (Lipinski definition) is 1. The van der Waals surface area contributed by atoms with E-state index in [9.17, 15) is 14.4 Å². The van der Waals surface area contributed by atoms with Crippen LogP contribution < -0.4 is 0 Å². The maximum Gasteiger partial charge on any atom is 0.306 e. The lowest BCUT2D eigenvalue weighted by Gasteiger charge is -2.32. The quantitative estimate of drug-likeness (QED) is 0.841. The van der Waals surface area contributed by atoms with Crippen LogP contribution in [0.5, 0.6) is 0 Å². The maximum absolute atomic E-state index is 12.6. The van der Waals surface area contributed by atoms with Crippen LogP contribution in [0.15, 0.2) is 24.3 Å². The summed E-state index contributed by atoms with van der Waals surface area (Å²) >= 11 is 0. The first kappa shape index (κ1) is 18.9. The maximum atomic E-state index is 12.6. The number of carboxylic acids is 1. The molecule has 1 unspecified atom stereocenters. The van der Waals surface area contributed by atoms with E-state index in [4.69, 9.17) is 9.84 Å². The van der Waals surface area contributed by atoms with Gasteiger partial charge < -0.3 is 19.6 Å². The van der Waals surface area contributed by atoms with Crippen LogP contribution in [0.1, 0.15) is 41.0 Å². The summed E-state index contributed by atoms with van der Waals surface area (Å²) in [5.41, 5.74) is 1.03. The van der Waals surface area contributed by atoms with Gasteiger partial charge in [-0.2, -0.15) is 0 Å². The summed E-state index contributed by atoms with van der Waals surface area (Å²) in [5, 5.41) is 8.86. The van der Waals surface area contributed by atoms with Crippen molar-refractivity contribution in [3.63, 3.8) is 0 Å². The van der Waals surface area contributed by atoms with E-state index in [1.54, 1.807) is 34.1 Å². The number of nitrogens with zero attached hydrogens (tertiary/aromatic N) is 2. The highest BCUT2D eigenvalue weighted by molar-refractivity contribution is 5.97. The average Bonchev–Trinajstić information content (AvgIpc) is 2.62. The molecule has 0 radical (unpaired) electrons. The Balaban J connectivity index is 2.05. The first-order valence-electron chi connectivity index (χ1n) is 8.48. The molecule has 1 atom stereocenters. The summed E-state index contributed by atoms with van der Waals surface area (Å²) in [6, 6.07) is 6.59. The van der Waals surface area contributed by atoms with Gasteiger partial charge in [0, 0.05) is 37.3 Å². The van der Waals surface area contributed by atoms with Gasteiger partial charge in [-0.15, -0.1) is 0 Å². The lowest BCUT2D eigenvalue weighted by atomic mass is 10.1. The number of carbonyl (C=O) groups excluding carboxylic acids is 2. The van der Waals surface area contributed by atoms with Gasteiger partial charge in [0.15, 0.2) is 0 Å². The van der Waals surface area contributed by atoms with E-state index in [1.165, 1.54) is 0 Å². The zero-order valence-electron chi connectivity index (χ0n) is 14.6. The largest absolute Gasteiger partial charge is 0.481 e. The Hall–Kier alpha value is -2.41. The number of rotatable bonds is 6. The van der Waals surface area contributed by atoms with Crippen LogP contribution in [0.4, 0.5) is 0 Å². The molecule has 1 heterocycles. The Morgan fingerprint density at radius 2 is 1.76 bits per heavy atom. The van der Waals surface area contributed by atoms with Crippen LogP contribution in [0, 0.1) is 0 Å². The molecule has 1 saturated heterocycles. The monoisotopic (exact) mass is 348 g/mol. The minimum Gasteiger partial charge on any atom is -0.481 e. The van der Waals surface area contributed by atoms with E-state index >= 15 is 0 Å². The molecule has 1 aromatic rings. The fraction of sp³-hybridized carbons (Fsp3) is 0.500. The van der Waals surface area contributed by atoms with Crippen LogP contribution in [0.25, 0.3) is 0 Å². The summed E-state index contributed by atoms with van der Waals surface area (Å²) in [5.74, 6) is -1.18. The number of amides is 2. The molecule has 1 N–H and O–H groups in total. The third-order valence-electron chi connectivity index (χ3n) is 4.26. The van der Waals surface area contributed by atoms with Gasteiger partial charge in [-0.25, -0.2) is 0 Å². The summed E-state index contributed by atoms with van der Waals surface area (Å²) in [6.07, 6.45) is -0.611. The van der Waals surface area contributed by atoms with Crippen molar-refractivity contribution in [2.24, 2.45) is 0 Å². The number of benzene rings is 1. The first-order chi connectivity index (χ1) is 12.0. The van der Waals surface area contributed by atoms with Crippen LogP contribution in [-0.2, 0) is 9.53 Å². The molecule has 7 nitrogen and oxygen atoms in total. The van der Waals surface area contributed by atoms with Gasteiger partial charge in [-0.05, 0) is 38.1 Å². The Morgan fingerprint density at radius 3 is 2.32 bits per heavy atom. The molecule has 2 rings (SSSR count). The SMILES string of the molecule is CCN(CC)C(=O)c1ccc(C(=O)N2CCOC(CC(=O)O)C2)cc1. The van der Waals surface area contributed by atoms with Crippen molar-refractivity contribution < 1.29 is 24.2 Å². The minimum atomic E-state index is -0.946. The van der Waals surface area contributed by atoms with E-state index < -0.39 is 12.1 Å². The van der Waals surface area contributed by atoms with Crippen molar-refractivity contribution in [2.75, 3.05) is 32.8 Å². The fourth-order valence-corrected chi connectivity index (χ4v) is 2.85. The molecule has 25 heavy (non-hydrogen) atoms. The number of ether oxygens (including phenoxy) is 1. The van der Waals surface area contributed by atoms with E-state index in [2.05, 4.69) is 0 Å². The third-order valence-corrected chi connectivity index (χ3v) is 4.26. The van der Waals surface area contributed by atoms with Crippen molar-refractivity contribution in [3.05, 3.63) is 35.4 Å². The molecule has 136 valence electrons. The summed E-state index contributed by atoms with van der Waals surface area (Å²) in [4.78, 5) is 39.0. The highest BCUT2D eigenvalue weighted by Gasteiger charge is 2.26. The molecule has 1 aliphatic rings. The Kier molecular flexibility index (Phi) is 6.52. The molecule has 0 aliphatic carbocycles. The van der Waals surface area contributed by atoms with Gasteiger partial charge in [0.2, 0.25) is 0 Å². The lowest BCUT2D eigenvalue weighted by Crippen LogP contribution is -2.46. The summed E-state index contributed by atoms with van der Waals surface area (Å²) in [6.45, 7) is 6.11. The lowest BCUT2D eigenvalue weighted by molar-refractivity contribution is -0.141. The number of carbonyl (C=O) groups is 3. The number of hydrogen-bond acceptors (Lipinski definition) is 4. The molecule has 1 fully saturated rings. The minimum absolute atomic E-state index is 0.0584. The van der Waals surface area contributed by atoms with Crippen molar-refractivity contribution in [1.82, 2.24) is 9.80 Å². The Labute approximate surface area is 147 Å². The zero-order valence-corrected chi connectivity index (χ0v) is 14.6. The Morgan fingerprint density at radius 1 is 1.16 bits per heavy atom. The van der Waals surface area contributed by atoms with Crippen molar-refractivity contribution in [1.29, 1.82) is 0 Å². The predicted octanol–water partition coefficient (Wildman–Crippen LogP) is 1.48. The number of carboxylic acid groups (broad SMARTS) is 1. The van der Waals surface area contributed by atoms with Gasteiger partial charge in [0.05, 0.1) is 19.1 Å². The molecule has 2 amide bonds. The van der Waals surface area contributed by atoms with Crippen LogP contribution in [-0.4, -0.2) is 71.6 Å². The normalized spacial score (nSPS) is 17.2. The summed E-state index contributed by atoms with van der Waals surface area (Å²) in [7, 11) is 0. The number of aliphatic carboxylic acids is 1. The molecule has 1 aromatic carbocycles. The molecule has 7 heteroatoms. The van der Waals surface area contributed by atoms with Crippen molar-refractivity contribution in [3.8, 4) is 0 Å². The molecule has 0 bridgehead atoms. The average molecular weight is 348 g/mol. The molecule has 1 aliphatic heterocycles. The molecule has 0 spiro atoms. The fourth-order valence-electron chi connectivity index (χ4n) is 2.85. The molecule has 0 saturated carbocycles. The van der Waals surface area contributed by atoms with Gasteiger partial charge in [0.25, 0.3) is 11.8 Å². The van der Waals surface area contributed by atoms with Crippen LogP contribution in [0.3, 0.4) is 0 Å². The van der Waals surface area contributed by atoms with Crippen LogP contribution in [0.2, 0.25) is 0 Å². The van der Waals surface area contributed by atoms with Gasteiger partial charge >= 0.3 is 5.97 Å². The molecular formula is C18H24N2O5. The molecule has 0 aromatic heterocycles. The van der Waals surface area contributed by atoms with Crippen molar-refractivity contribution >= 4 is 17.8 Å². The van der Waals surface area contributed by atoms with E-state index in [1.807, 2.05) is 13.8 Å². The standard InChI is InChI=1S/C18H24N2O5/c1-3-19(4-2)17(23)13-5-7-14(8-6-13)18(24)20-9-10-25-15(12-20)11-16(21)22/h5-8,15H,3-4,9-12H2,1-2H3,(H,21,22). The van der Waals surface area contributed by atoms with Crippen molar-refractivity contribution in [2.45, 2.75) is 26.4 Å². The van der Waals surface area contributed by atoms with Crippen LogP contribution >= 0.6 is 0 Å². The highest BCUT2D eigenvalue weighted by Crippen LogP contribution is 2.14. The smallest absolute Gasteiger partial charge is 0.306 e. The third kappa shape index (κ3) is 4.79. The highest BCUT2D eigenvalue weighted by atomic mass is 16.5. The summed E-state index contributed by atoms with van der Waals surface area (Å²) < 4.78 is 5.38. The Bertz CT molecular complexity index is 625. The van der Waals surface area contributed by atoms with E-state index in [-0.39, 0.29) is 24.8 Å². The van der Waals surface area contributed by atoms with Gasteiger partial charge in [-0.1, -0.05) is 0 Å². The predicted molar refractivity (Wildman–Crippen MR) is 91.6 cm³/mol. The van der Waals surface area contributed by atoms with Gasteiger partial charge in [-0.3, -0.25) is 14.4 Å². The second-order valence-corrected chi connectivity index (χ2v) is 5.90. The zero-order chi connectivity index (χ0) is 18.4.